The average molecular weight is 225 g/mol. The van der Waals surface area contributed by atoms with Gasteiger partial charge < -0.3 is 10.1 Å². The van der Waals surface area contributed by atoms with Crippen LogP contribution in [0.15, 0.2) is 0 Å². The van der Waals surface area contributed by atoms with Crippen LogP contribution >= 0.6 is 0 Å². The van der Waals surface area contributed by atoms with Crippen LogP contribution in [0.5, 0.6) is 0 Å². The van der Waals surface area contributed by atoms with E-state index in [2.05, 4.69) is 32.9 Å². The van der Waals surface area contributed by atoms with Crippen molar-refractivity contribution in [2.45, 2.75) is 51.3 Å². The Kier molecular flexibility index (Phi) is 4.24. The highest BCUT2D eigenvalue weighted by atomic mass is 16.5. The number of nitrogens with zero attached hydrogens (tertiary/aromatic N) is 3. The van der Waals surface area contributed by atoms with Gasteiger partial charge in [0.1, 0.15) is 0 Å². The number of aromatic nitrogens is 4. The van der Waals surface area contributed by atoms with Crippen molar-refractivity contribution in [3.05, 3.63) is 5.82 Å². The number of tetrazole rings is 1. The first-order valence-corrected chi connectivity index (χ1v) is 5.95. The van der Waals surface area contributed by atoms with Crippen LogP contribution in [0, 0.1) is 0 Å². The van der Waals surface area contributed by atoms with Gasteiger partial charge in [0.25, 0.3) is 0 Å². The molecule has 0 radical (unpaired) electrons. The van der Waals surface area contributed by atoms with Crippen molar-refractivity contribution in [1.82, 2.24) is 25.9 Å². The van der Waals surface area contributed by atoms with E-state index in [0.717, 1.165) is 31.7 Å². The molecule has 1 saturated heterocycles. The lowest BCUT2D eigenvalue weighted by molar-refractivity contribution is -0.00353. The lowest BCUT2D eigenvalue weighted by Gasteiger charge is -2.29. The maximum atomic E-state index is 5.70. The van der Waals surface area contributed by atoms with E-state index in [-0.39, 0.29) is 0 Å². The normalized spacial score (nSPS) is 25.8. The van der Waals surface area contributed by atoms with Gasteiger partial charge in [-0.05, 0) is 19.3 Å². The summed E-state index contributed by atoms with van der Waals surface area (Å²) in [6.07, 6.45) is 4.91. The molecule has 6 nitrogen and oxygen atoms in total. The van der Waals surface area contributed by atoms with E-state index < -0.39 is 0 Å². The third-order valence-corrected chi connectivity index (χ3v) is 2.92. The lowest BCUT2D eigenvalue weighted by Crippen LogP contribution is -2.38. The maximum Gasteiger partial charge on any atom is 0.188 e. The van der Waals surface area contributed by atoms with Gasteiger partial charge in [-0.1, -0.05) is 18.6 Å². The van der Waals surface area contributed by atoms with Crippen LogP contribution < -0.4 is 5.32 Å². The monoisotopic (exact) mass is 225 g/mol. The fourth-order valence-corrected chi connectivity index (χ4v) is 2.08. The van der Waals surface area contributed by atoms with Crippen LogP contribution in [0.2, 0.25) is 0 Å². The van der Waals surface area contributed by atoms with Gasteiger partial charge in [0.2, 0.25) is 0 Å². The summed E-state index contributed by atoms with van der Waals surface area (Å²) in [6, 6.07) is 0.517. The molecular weight excluding hydrogens is 206 g/mol. The summed E-state index contributed by atoms with van der Waals surface area (Å²) < 4.78 is 5.70. The van der Waals surface area contributed by atoms with E-state index in [0.29, 0.717) is 18.7 Å². The zero-order valence-corrected chi connectivity index (χ0v) is 9.65. The molecule has 16 heavy (non-hydrogen) atoms. The fourth-order valence-electron chi connectivity index (χ4n) is 2.08. The van der Waals surface area contributed by atoms with E-state index in [9.17, 15) is 0 Å². The molecule has 0 saturated carbocycles. The minimum atomic E-state index is 0.418. The Labute approximate surface area is 95.1 Å². The highest BCUT2D eigenvalue weighted by Gasteiger charge is 2.21. The Balaban J connectivity index is 1.72. The topological polar surface area (TPSA) is 75.7 Å². The molecule has 1 fully saturated rings. The summed E-state index contributed by atoms with van der Waals surface area (Å²) in [5, 5.41) is 17.3. The quantitative estimate of drug-likeness (QED) is 0.769. The van der Waals surface area contributed by atoms with Crippen LogP contribution in [-0.4, -0.2) is 39.4 Å². The average Bonchev–Trinajstić information content (AvgIpc) is 2.80. The van der Waals surface area contributed by atoms with Crippen molar-refractivity contribution >= 4 is 0 Å². The zero-order valence-electron chi connectivity index (χ0n) is 9.65. The third kappa shape index (κ3) is 3.24. The first-order chi connectivity index (χ1) is 7.88. The van der Waals surface area contributed by atoms with Crippen molar-refractivity contribution in [3.63, 3.8) is 0 Å². The van der Waals surface area contributed by atoms with Crippen LogP contribution in [0.1, 0.15) is 38.4 Å². The molecule has 0 aromatic carbocycles. The van der Waals surface area contributed by atoms with Gasteiger partial charge in [-0.2, -0.15) is 5.21 Å². The van der Waals surface area contributed by atoms with Crippen molar-refractivity contribution in [1.29, 1.82) is 0 Å². The molecule has 6 heteroatoms. The summed E-state index contributed by atoms with van der Waals surface area (Å²) in [6.45, 7) is 3.73. The number of rotatable bonds is 5. The molecule has 2 rings (SSSR count). The van der Waals surface area contributed by atoms with E-state index in [4.69, 9.17) is 4.74 Å². The van der Waals surface area contributed by atoms with Crippen LogP contribution in [0.3, 0.4) is 0 Å². The van der Waals surface area contributed by atoms with Crippen molar-refractivity contribution < 1.29 is 4.74 Å². The van der Waals surface area contributed by atoms with Crippen LogP contribution in [0.4, 0.5) is 0 Å². The Hall–Kier alpha value is -1.01. The zero-order chi connectivity index (χ0) is 11.2. The van der Waals surface area contributed by atoms with Gasteiger partial charge in [-0.3, -0.25) is 0 Å². The smallest absolute Gasteiger partial charge is 0.188 e. The van der Waals surface area contributed by atoms with Gasteiger partial charge in [0.15, 0.2) is 5.82 Å². The summed E-state index contributed by atoms with van der Waals surface area (Å²) in [7, 11) is 0. The molecule has 2 N–H and O–H groups in total. The summed E-state index contributed by atoms with van der Waals surface area (Å²) in [5.41, 5.74) is 0. The number of H-pyrrole nitrogens is 1. The number of hydrogen-bond acceptors (Lipinski definition) is 5. The third-order valence-electron chi connectivity index (χ3n) is 2.92. The minimum absolute atomic E-state index is 0.418. The van der Waals surface area contributed by atoms with Crippen LogP contribution in [-0.2, 0) is 11.3 Å². The largest absolute Gasteiger partial charge is 0.378 e. The lowest BCUT2D eigenvalue weighted by atomic mass is 10.0. The van der Waals surface area contributed by atoms with Crippen molar-refractivity contribution in [3.8, 4) is 0 Å². The Bertz CT molecular complexity index is 287. The minimum Gasteiger partial charge on any atom is -0.378 e. The maximum absolute atomic E-state index is 5.70. The molecule has 0 bridgehead atoms. The van der Waals surface area contributed by atoms with Gasteiger partial charge in [0, 0.05) is 12.6 Å². The standard InChI is InChI=1S/C10H19N5O/c1-2-3-9-6-8(4-5-16-9)11-7-10-12-14-15-13-10/h8-9,11H,2-7H2,1H3,(H,12,13,14,15). The van der Waals surface area contributed by atoms with Gasteiger partial charge in [-0.15, -0.1) is 10.2 Å². The molecule has 1 aromatic rings. The second-order valence-corrected chi connectivity index (χ2v) is 4.21. The highest BCUT2D eigenvalue weighted by Crippen LogP contribution is 2.17. The number of aromatic amines is 1. The van der Waals surface area contributed by atoms with Gasteiger partial charge in [-0.25, -0.2) is 0 Å². The van der Waals surface area contributed by atoms with E-state index in [1.807, 2.05) is 0 Å². The molecule has 0 aliphatic carbocycles. The van der Waals surface area contributed by atoms with Gasteiger partial charge >= 0.3 is 0 Å². The molecule has 2 unspecified atom stereocenters. The molecule has 1 aliphatic heterocycles. The molecule has 90 valence electrons. The first kappa shape index (κ1) is 11.5. The number of hydrogen-bond donors (Lipinski definition) is 2. The fraction of sp³-hybridized carbons (Fsp3) is 0.900. The van der Waals surface area contributed by atoms with Crippen LogP contribution in [0.25, 0.3) is 0 Å². The van der Waals surface area contributed by atoms with E-state index in [1.165, 1.54) is 6.42 Å². The molecule has 0 amide bonds. The van der Waals surface area contributed by atoms with Crippen molar-refractivity contribution in [2.75, 3.05) is 6.61 Å². The molecular formula is C10H19N5O. The number of ether oxygens (including phenoxy) is 1. The predicted molar refractivity (Wildman–Crippen MR) is 58.7 cm³/mol. The molecule has 0 spiro atoms. The molecule has 2 heterocycles. The Morgan fingerprint density at radius 2 is 2.50 bits per heavy atom. The second kappa shape index (κ2) is 5.91. The Morgan fingerprint density at radius 3 is 3.25 bits per heavy atom. The number of nitrogens with one attached hydrogen (secondary N) is 2. The molecule has 2 atom stereocenters. The SMILES string of the molecule is CCCC1CC(NCc2nn[nH]n2)CCO1. The predicted octanol–water partition coefficient (Wildman–Crippen LogP) is 0.637. The van der Waals surface area contributed by atoms with E-state index >= 15 is 0 Å². The van der Waals surface area contributed by atoms with Gasteiger partial charge in [0.05, 0.1) is 12.6 Å². The summed E-state index contributed by atoms with van der Waals surface area (Å²) in [5.74, 6) is 0.721. The molecule has 1 aliphatic rings. The molecule has 1 aromatic heterocycles. The van der Waals surface area contributed by atoms with Crippen molar-refractivity contribution in [2.24, 2.45) is 0 Å². The Morgan fingerprint density at radius 1 is 1.56 bits per heavy atom. The van der Waals surface area contributed by atoms with E-state index in [1.54, 1.807) is 0 Å². The summed E-state index contributed by atoms with van der Waals surface area (Å²) >= 11 is 0. The highest BCUT2D eigenvalue weighted by molar-refractivity contribution is 4.81. The second-order valence-electron chi connectivity index (χ2n) is 4.21. The first-order valence-electron chi connectivity index (χ1n) is 5.95. The summed E-state index contributed by atoms with van der Waals surface area (Å²) in [4.78, 5) is 0.